The number of hydrogen-bond donors (Lipinski definition) is 1. The molecule has 0 saturated heterocycles. The molecular weight excluding hydrogens is 230 g/mol. The van der Waals surface area contributed by atoms with Gasteiger partial charge in [-0.05, 0) is 24.7 Å². The zero-order valence-electron chi connectivity index (χ0n) is 11.1. The van der Waals surface area contributed by atoms with Crippen LogP contribution in [0.2, 0.25) is 0 Å². The van der Waals surface area contributed by atoms with E-state index in [4.69, 9.17) is 0 Å². The van der Waals surface area contributed by atoms with Crippen LogP contribution in [0.25, 0.3) is 0 Å². The topological polar surface area (TPSA) is 37.8 Å². The lowest BCUT2D eigenvalue weighted by molar-refractivity contribution is 0.341. The summed E-state index contributed by atoms with van der Waals surface area (Å²) in [5, 5.41) is 4.35. The molecule has 0 aliphatic heterocycles. The minimum absolute atomic E-state index is 0.608. The van der Waals surface area contributed by atoms with Crippen molar-refractivity contribution in [3.63, 3.8) is 0 Å². The van der Waals surface area contributed by atoms with Crippen LogP contribution in [0.5, 0.6) is 0 Å². The van der Waals surface area contributed by atoms with E-state index in [2.05, 4.69) is 35.4 Å². The third-order valence-electron chi connectivity index (χ3n) is 3.48. The summed E-state index contributed by atoms with van der Waals surface area (Å²) < 4.78 is 4.51. The van der Waals surface area contributed by atoms with E-state index in [-0.39, 0.29) is 0 Å². The van der Waals surface area contributed by atoms with Crippen LogP contribution in [0.3, 0.4) is 0 Å². The SMILES string of the molecule is CC(C)CNc1nc(C2CCC(C)CC2)ns1. The van der Waals surface area contributed by atoms with Gasteiger partial charge in [-0.3, -0.25) is 0 Å². The lowest BCUT2D eigenvalue weighted by atomic mass is 9.83. The molecule has 1 aliphatic rings. The molecule has 1 saturated carbocycles. The molecule has 1 aliphatic carbocycles. The molecule has 1 N–H and O–H groups in total. The number of aromatic nitrogens is 2. The number of rotatable bonds is 4. The van der Waals surface area contributed by atoms with Crippen LogP contribution in [0.15, 0.2) is 0 Å². The highest BCUT2D eigenvalue weighted by molar-refractivity contribution is 7.09. The van der Waals surface area contributed by atoms with E-state index in [0.29, 0.717) is 11.8 Å². The van der Waals surface area contributed by atoms with E-state index in [9.17, 15) is 0 Å². The Kier molecular flexibility index (Phi) is 4.37. The predicted molar refractivity (Wildman–Crippen MR) is 73.6 cm³/mol. The predicted octanol–water partition coefficient (Wildman–Crippen LogP) is 3.90. The monoisotopic (exact) mass is 253 g/mol. The second-order valence-corrected chi connectivity index (χ2v) is 6.44. The molecule has 0 aromatic carbocycles. The molecule has 0 unspecified atom stereocenters. The molecule has 1 fully saturated rings. The summed E-state index contributed by atoms with van der Waals surface area (Å²) >= 11 is 1.51. The van der Waals surface area contributed by atoms with E-state index in [1.165, 1.54) is 37.2 Å². The first-order valence-corrected chi connectivity index (χ1v) is 7.50. The van der Waals surface area contributed by atoms with Gasteiger partial charge in [0.15, 0.2) is 0 Å². The van der Waals surface area contributed by atoms with Crippen molar-refractivity contribution in [1.82, 2.24) is 9.36 Å². The van der Waals surface area contributed by atoms with Gasteiger partial charge in [0.25, 0.3) is 0 Å². The molecular formula is C13H23N3S. The molecule has 96 valence electrons. The summed E-state index contributed by atoms with van der Waals surface area (Å²) in [6.07, 6.45) is 5.19. The van der Waals surface area contributed by atoms with Crippen LogP contribution in [0, 0.1) is 11.8 Å². The van der Waals surface area contributed by atoms with E-state index in [1.807, 2.05) is 0 Å². The lowest BCUT2D eigenvalue weighted by Gasteiger charge is -2.23. The molecule has 0 radical (unpaired) electrons. The van der Waals surface area contributed by atoms with Crippen molar-refractivity contribution in [1.29, 1.82) is 0 Å². The smallest absolute Gasteiger partial charge is 0.202 e. The van der Waals surface area contributed by atoms with E-state index >= 15 is 0 Å². The maximum atomic E-state index is 4.63. The zero-order valence-corrected chi connectivity index (χ0v) is 11.9. The highest BCUT2D eigenvalue weighted by Gasteiger charge is 2.23. The van der Waals surface area contributed by atoms with Crippen molar-refractivity contribution in [2.45, 2.75) is 52.4 Å². The molecule has 0 amide bonds. The largest absolute Gasteiger partial charge is 0.360 e. The number of nitrogens with zero attached hydrogens (tertiary/aromatic N) is 2. The van der Waals surface area contributed by atoms with Crippen LogP contribution in [-0.4, -0.2) is 15.9 Å². The first-order valence-electron chi connectivity index (χ1n) is 6.72. The minimum atomic E-state index is 0.608. The highest BCUT2D eigenvalue weighted by Crippen LogP contribution is 2.35. The molecule has 1 aromatic rings. The van der Waals surface area contributed by atoms with Crippen molar-refractivity contribution >= 4 is 16.7 Å². The summed E-state index contributed by atoms with van der Waals surface area (Å²) in [6.45, 7) is 7.74. The van der Waals surface area contributed by atoms with Gasteiger partial charge in [-0.2, -0.15) is 4.37 Å². The molecule has 2 rings (SSSR count). The summed E-state index contributed by atoms with van der Waals surface area (Å²) in [5.74, 6) is 3.23. The third-order valence-corrected chi connectivity index (χ3v) is 4.17. The Bertz CT molecular complexity index is 340. The maximum Gasteiger partial charge on any atom is 0.202 e. The Balaban J connectivity index is 1.89. The van der Waals surface area contributed by atoms with Crippen molar-refractivity contribution in [2.24, 2.45) is 11.8 Å². The van der Waals surface area contributed by atoms with Gasteiger partial charge in [0, 0.05) is 24.0 Å². The normalized spacial score (nSPS) is 25.2. The Morgan fingerprint density at radius 3 is 2.65 bits per heavy atom. The van der Waals surface area contributed by atoms with Gasteiger partial charge >= 0.3 is 0 Å². The number of hydrogen-bond acceptors (Lipinski definition) is 4. The molecule has 0 bridgehead atoms. The molecule has 1 heterocycles. The first kappa shape index (κ1) is 12.8. The van der Waals surface area contributed by atoms with E-state index < -0.39 is 0 Å². The second kappa shape index (κ2) is 5.80. The maximum absolute atomic E-state index is 4.63. The standard InChI is InChI=1S/C13H23N3S/c1-9(2)8-14-13-15-12(16-17-13)11-6-4-10(3)5-7-11/h9-11H,4-8H2,1-3H3,(H,14,15,16). The summed E-state index contributed by atoms with van der Waals surface area (Å²) in [7, 11) is 0. The van der Waals surface area contributed by atoms with Gasteiger partial charge in [0.05, 0.1) is 0 Å². The van der Waals surface area contributed by atoms with Crippen LogP contribution in [0.1, 0.15) is 58.2 Å². The molecule has 0 spiro atoms. The van der Waals surface area contributed by atoms with Gasteiger partial charge < -0.3 is 5.32 Å². The summed E-state index contributed by atoms with van der Waals surface area (Å²) in [4.78, 5) is 4.63. The Morgan fingerprint density at radius 2 is 2.00 bits per heavy atom. The summed E-state index contributed by atoms with van der Waals surface area (Å²) in [5.41, 5.74) is 0. The molecule has 3 nitrogen and oxygen atoms in total. The fourth-order valence-electron chi connectivity index (χ4n) is 2.28. The third kappa shape index (κ3) is 3.66. The van der Waals surface area contributed by atoms with Crippen LogP contribution in [0.4, 0.5) is 5.13 Å². The van der Waals surface area contributed by atoms with Crippen molar-refractivity contribution in [2.75, 3.05) is 11.9 Å². The fraction of sp³-hybridized carbons (Fsp3) is 0.846. The minimum Gasteiger partial charge on any atom is -0.360 e. The fourth-order valence-corrected chi connectivity index (χ4v) is 2.93. The van der Waals surface area contributed by atoms with E-state index in [1.54, 1.807) is 0 Å². The average Bonchev–Trinajstić information content (AvgIpc) is 2.76. The Morgan fingerprint density at radius 1 is 1.29 bits per heavy atom. The van der Waals surface area contributed by atoms with Crippen LogP contribution in [-0.2, 0) is 0 Å². The van der Waals surface area contributed by atoms with Crippen molar-refractivity contribution in [3.05, 3.63) is 5.82 Å². The zero-order chi connectivity index (χ0) is 12.3. The van der Waals surface area contributed by atoms with Gasteiger partial charge in [0.1, 0.15) is 5.82 Å². The first-order chi connectivity index (χ1) is 8.15. The Hall–Kier alpha value is -0.640. The lowest BCUT2D eigenvalue weighted by Crippen LogP contribution is -2.12. The van der Waals surface area contributed by atoms with Gasteiger partial charge in [-0.15, -0.1) is 0 Å². The summed E-state index contributed by atoms with van der Waals surface area (Å²) in [6, 6.07) is 0. The van der Waals surface area contributed by atoms with Crippen molar-refractivity contribution < 1.29 is 0 Å². The second-order valence-electron chi connectivity index (χ2n) is 5.69. The van der Waals surface area contributed by atoms with Gasteiger partial charge in [-0.25, -0.2) is 4.98 Å². The average molecular weight is 253 g/mol. The molecule has 4 heteroatoms. The number of anilines is 1. The van der Waals surface area contributed by atoms with Crippen LogP contribution >= 0.6 is 11.5 Å². The van der Waals surface area contributed by atoms with Gasteiger partial charge in [0.2, 0.25) is 5.13 Å². The quantitative estimate of drug-likeness (QED) is 0.884. The van der Waals surface area contributed by atoms with Crippen LogP contribution < -0.4 is 5.32 Å². The van der Waals surface area contributed by atoms with Gasteiger partial charge in [-0.1, -0.05) is 33.6 Å². The number of nitrogens with one attached hydrogen (secondary N) is 1. The molecule has 0 atom stereocenters. The molecule has 1 aromatic heterocycles. The molecule has 17 heavy (non-hydrogen) atoms. The highest BCUT2D eigenvalue weighted by atomic mass is 32.1. The van der Waals surface area contributed by atoms with Crippen molar-refractivity contribution in [3.8, 4) is 0 Å². The van der Waals surface area contributed by atoms with E-state index in [0.717, 1.165) is 23.4 Å². The Labute approximate surface area is 108 Å².